The number of nitrogens with one attached hydrogen (secondary N) is 1. The van der Waals surface area contributed by atoms with Gasteiger partial charge in [-0.15, -0.1) is 0 Å². The van der Waals surface area contributed by atoms with E-state index < -0.39 is 0 Å². The second-order valence-electron chi connectivity index (χ2n) is 7.98. The summed E-state index contributed by atoms with van der Waals surface area (Å²) in [5.41, 5.74) is 3.24. The van der Waals surface area contributed by atoms with Crippen LogP contribution in [0.25, 0.3) is 10.9 Å². The van der Waals surface area contributed by atoms with E-state index in [0.717, 1.165) is 16.5 Å². The van der Waals surface area contributed by atoms with Crippen molar-refractivity contribution in [2.45, 2.75) is 39.7 Å². The minimum absolute atomic E-state index is 0.0387. The highest BCUT2D eigenvalue weighted by atomic mass is 16.2. The van der Waals surface area contributed by atoms with Crippen LogP contribution in [0.3, 0.4) is 0 Å². The number of benzene rings is 1. The molecular formula is C28H36N4O2. The average molecular weight is 461 g/mol. The minimum Gasteiger partial charge on any atom is -0.351 e. The van der Waals surface area contributed by atoms with Crippen LogP contribution >= 0.6 is 0 Å². The summed E-state index contributed by atoms with van der Waals surface area (Å²) in [5.74, 6) is -0.255. The van der Waals surface area contributed by atoms with Crippen molar-refractivity contribution in [1.82, 2.24) is 19.8 Å². The van der Waals surface area contributed by atoms with Gasteiger partial charge in [0.15, 0.2) is 0 Å². The Balaban J connectivity index is 0.00000199. The molecule has 2 heterocycles. The summed E-state index contributed by atoms with van der Waals surface area (Å²) in [7, 11) is 3.81. The predicted molar refractivity (Wildman–Crippen MR) is 140 cm³/mol. The van der Waals surface area contributed by atoms with Gasteiger partial charge in [0, 0.05) is 55.5 Å². The van der Waals surface area contributed by atoms with Crippen molar-refractivity contribution in [3.63, 3.8) is 0 Å². The predicted octanol–water partition coefficient (Wildman–Crippen LogP) is 5.38. The van der Waals surface area contributed by atoms with Crippen molar-refractivity contribution in [1.29, 1.82) is 0 Å². The number of aryl methyl sites for hydroxylation is 1. The Labute approximate surface area is 203 Å². The summed E-state index contributed by atoms with van der Waals surface area (Å²) >= 11 is 0. The second kappa shape index (κ2) is 13.1. The van der Waals surface area contributed by atoms with Crippen LogP contribution in [-0.4, -0.2) is 45.9 Å². The number of fused-ring (bicyclic) bond motifs is 1. The van der Waals surface area contributed by atoms with E-state index in [1.165, 1.54) is 0 Å². The maximum Gasteiger partial charge on any atom is 0.269 e. The van der Waals surface area contributed by atoms with E-state index in [1.54, 1.807) is 35.4 Å². The smallest absolute Gasteiger partial charge is 0.269 e. The van der Waals surface area contributed by atoms with Crippen LogP contribution in [0.5, 0.6) is 0 Å². The summed E-state index contributed by atoms with van der Waals surface area (Å²) in [6, 6.07) is 12.9. The Morgan fingerprint density at radius 2 is 1.97 bits per heavy atom. The lowest BCUT2D eigenvalue weighted by Gasteiger charge is -2.29. The summed E-state index contributed by atoms with van der Waals surface area (Å²) in [5, 5.41) is 3.95. The zero-order valence-electron chi connectivity index (χ0n) is 20.9. The van der Waals surface area contributed by atoms with Gasteiger partial charge in [-0.3, -0.25) is 14.6 Å². The van der Waals surface area contributed by atoms with Crippen molar-refractivity contribution >= 4 is 22.7 Å². The van der Waals surface area contributed by atoms with Crippen molar-refractivity contribution in [2.75, 3.05) is 13.6 Å². The molecular weight excluding hydrogens is 424 g/mol. The zero-order chi connectivity index (χ0) is 25.1. The molecule has 6 nitrogen and oxygen atoms in total. The number of carbonyl (C=O) groups excluding carboxylic acids is 2. The maximum atomic E-state index is 13.3. The molecule has 0 saturated heterocycles. The van der Waals surface area contributed by atoms with Crippen molar-refractivity contribution in [3.8, 4) is 0 Å². The van der Waals surface area contributed by atoms with Gasteiger partial charge in [0.05, 0.1) is 0 Å². The van der Waals surface area contributed by atoms with E-state index >= 15 is 0 Å². The molecule has 1 N–H and O–H groups in total. The van der Waals surface area contributed by atoms with Crippen molar-refractivity contribution in [2.24, 2.45) is 7.05 Å². The first-order valence-electron chi connectivity index (χ1n) is 11.7. The molecule has 0 unspecified atom stereocenters. The molecule has 2 amide bonds. The lowest BCUT2D eigenvalue weighted by atomic mass is 10.0. The number of nitrogens with zero attached hydrogens (tertiary/aromatic N) is 3. The molecule has 0 spiro atoms. The third-order valence-electron chi connectivity index (χ3n) is 5.62. The number of rotatable bonds is 9. The van der Waals surface area contributed by atoms with Crippen molar-refractivity contribution in [3.05, 3.63) is 90.4 Å². The third-order valence-corrected chi connectivity index (χ3v) is 5.62. The molecule has 3 rings (SSSR count). The molecule has 180 valence electrons. The van der Waals surface area contributed by atoms with Gasteiger partial charge in [-0.05, 0) is 56.2 Å². The Bertz CT molecular complexity index is 1130. The molecule has 0 bridgehead atoms. The first kappa shape index (κ1) is 26.6. The summed E-state index contributed by atoms with van der Waals surface area (Å²) < 4.78 is 2.03. The van der Waals surface area contributed by atoms with E-state index in [0.29, 0.717) is 30.6 Å². The molecule has 0 saturated carbocycles. The topological polar surface area (TPSA) is 67.2 Å². The van der Waals surface area contributed by atoms with Gasteiger partial charge in [-0.2, -0.15) is 0 Å². The molecule has 2 aromatic heterocycles. The maximum absolute atomic E-state index is 13.3. The molecule has 0 aliphatic heterocycles. The second-order valence-corrected chi connectivity index (χ2v) is 7.98. The van der Waals surface area contributed by atoms with Crippen LogP contribution in [0.1, 0.15) is 54.5 Å². The summed E-state index contributed by atoms with van der Waals surface area (Å²) in [4.78, 5) is 31.5. The largest absolute Gasteiger partial charge is 0.351 e. The van der Waals surface area contributed by atoms with Gasteiger partial charge < -0.3 is 14.8 Å². The molecule has 34 heavy (non-hydrogen) atoms. The lowest BCUT2D eigenvalue weighted by Crippen LogP contribution is -2.40. The van der Waals surface area contributed by atoms with Crippen LogP contribution in [0.4, 0.5) is 0 Å². The number of pyridine rings is 1. The fourth-order valence-corrected chi connectivity index (χ4v) is 3.80. The lowest BCUT2D eigenvalue weighted by molar-refractivity contribution is 0.0723. The quantitative estimate of drug-likeness (QED) is 0.436. The molecule has 3 aromatic rings. The Kier molecular flexibility index (Phi) is 10.3. The normalized spacial score (nSPS) is 11.9. The van der Waals surface area contributed by atoms with E-state index in [4.69, 9.17) is 0 Å². The monoisotopic (exact) mass is 460 g/mol. The fourth-order valence-electron chi connectivity index (χ4n) is 3.80. The Morgan fingerprint density at radius 1 is 1.21 bits per heavy atom. The number of amides is 2. The third kappa shape index (κ3) is 6.91. The van der Waals surface area contributed by atoms with Crippen LogP contribution in [0.2, 0.25) is 0 Å². The molecule has 0 fully saturated rings. The first-order valence-corrected chi connectivity index (χ1v) is 11.7. The number of aromatic nitrogens is 2. The molecule has 0 aliphatic rings. The van der Waals surface area contributed by atoms with Gasteiger partial charge in [-0.25, -0.2) is 0 Å². The molecule has 1 atom stereocenters. The first-order chi connectivity index (χ1) is 16.4. The fraction of sp³-hybridized carbons (Fsp3) is 0.321. The highest BCUT2D eigenvalue weighted by Crippen LogP contribution is 2.20. The van der Waals surface area contributed by atoms with Gasteiger partial charge >= 0.3 is 0 Å². The van der Waals surface area contributed by atoms with Crippen molar-refractivity contribution < 1.29 is 9.59 Å². The van der Waals surface area contributed by atoms with E-state index in [2.05, 4.69) is 16.9 Å². The highest BCUT2D eigenvalue weighted by Gasteiger charge is 2.22. The van der Waals surface area contributed by atoms with E-state index in [1.807, 2.05) is 76.0 Å². The Hall–Kier alpha value is -3.67. The van der Waals surface area contributed by atoms with Crippen LogP contribution in [0.15, 0.2) is 79.2 Å². The van der Waals surface area contributed by atoms with Crippen LogP contribution in [-0.2, 0) is 7.05 Å². The number of hydrogen-bond donors (Lipinski definition) is 1. The minimum atomic E-state index is -0.216. The van der Waals surface area contributed by atoms with Gasteiger partial charge in [0.25, 0.3) is 11.8 Å². The number of carbonyl (C=O) groups is 2. The molecule has 0 aliphatic carbocycles. The molecule has 0 radical (unpaired) electrons. The van der Waals surface area contributed by atoms with Gasteiger partial charge in [0.1, 0.15) is 5.69 Å². The zero-order valence-corrected chi connectivity index (χ0v) is 20.9. The average Bonchev–Trinajstić information content (AvgIpc) is 3.24. The summed E-state index contributed by atoms with van der Waals surface area (Å²) in [6.07, 6.45) is 8.60. The highest BCUT2D eigenvalue weighted by molar-refractivity contribution is 5.98. The van der Waals surface area contributed by atoms with Crippen LogP contribution < -0.4 is 5.32 Å². The molecule has 1 aromatic carbocycles. The van der Waals surface area contributed by atoms with Gasteiger partial charge in [-0.1, -0.05) is 44.2 Å². The molecule has 6 heteroatoms. The summed E-state index contributed by atoms with van der Waals surface area (Å²) in [6.45, 7) is 10.2. The van der Waals surface area contributed by atoms with Gasteiger partial charge in [0.2, 0.25) is 0 Å². The number of allylic oxidation sites excluding steroid dienone is 2. The van der Waals surface area contributed by atoms with Crippen LogP contribution in [0, 0.1) is 0 Å². The Morgan fingerprint density at radius 3 is 2.65 bits per heavy atom. The SMILES string of the molecule is C=C/C=C(\C)C[C@@H](CCNC(=O)c1ccccn1)N(C)C(=O)c1ccc2c(ccn2C)c1.CC. The van der Waals surface area contributed by atoms with E-state index in [9.17, 15) is 9.59 Å². The number of hydrogen-bond acceptors (Lipinski definition) is 3. The van der Waals surface area contributed by atoms with E-state index in [-0.39, 0.29) is 17.9 Å². The standard InChI is InChI=1S/C26H30N4O2.C2H6/c1-5-8-19(2)17-22(12-15-28-25(31)23-9-6-7-14-27-23)30(4)26(32)21-10-11-24-20(18-21)13-16-29(24)3;1-2/h5-11,13-14,16,18,22H,1,12,15,17H2,2-4H3,(H,28,31);1-2H3/b19-8+;/t22-;/m1./s1.